The van der Waals surface area contributed by atoms with Crippen LogP contribution in [0.2, 0.25) is 5.02 Å². The summed E-state index contributed by atoms with van der Waals surface area (Å²) >= 11 is 6.01. The predicted octanol–water partition coefficient (Wildman–Crippen LogP) is 3.13. The minimum absolute atomic E-state index is 0. The fourth-order valence-corrected chi connectivity index (χ4v) is 2.81. The number of primary amides is 1. The molecule has 0 spiro atoms. The maximum Gasteiger partial charge on any atom is 0.225 e. The molecule has 2 aromatic rings. The second kappa shape index (κ2) is 10.2. The number of hydrogen-bond donors (Lipinski definition) is 3. The lowest BCUT2D eigenvalue weighted by Gasteiger charge is -2.24. The van der Waals surface area contributed by atoms with Crippen molar-refractivity contribution in [3.8, 4) is 0 Å². The Hall–Kier alpha value is -2.08. The van der Waals surface area contributed by atoms with Crippen molar-refractivity contribution in [1.29, 1.82) is 0 Å². The summed E-state index contributed by atoms with van der Waals surface area (Å²) in [5.41, 5.74) is 13.1. The highest BCUT2D eigenvalue weighted by molar-refractivity contribution is 6.30. The Morgan fingerprint density at radius 3 is 2.27 bits per heavy atom. The van der Waals surface area contributed by atoms with Gasteiger partial charge in [0.1, 0.15) is 0 Å². The fourth-order valence-electron chi connectivity index (χ4n) is 2.61. The summed E-state index contributed by atoms with van der Waals surface area (Å²) in [6, 6.07) is 15.4. The summed E-state index contributed by atoms with van der Waals surface area (Å²) in [5.74, 6) is -1.23. The number of rotatable bonds is 7. The first-order chi connectivity index (χ1) is 11.9. The molecular weight excluding hydrogens is 373 g/mol. The average molecular weight is 396 g/mol. The number of carbonyl (C=O) groups is 2. The Balaban J connectivity index is 0.00000338. The van der Waals surface area contributed by atoms with Crippen molar-refractivity contribution in [2.45, 2.75) is 25.4 Å². The molecular formula is C19H23Cl2N3O2. The van der Waals surface area contributed by atoms with Crippen molar-refractivity contribution in [3.05, 3.63) is 70.7 Å². The van der Waals surface area contributed by atoms with Gasteiger partial charge in [-0.15, -0.1) is 12.4 Å². The van der Waals surface area contributed by atoms with Crippen LogP contribution in [0.15, 0.2) is 54.6 Å². The van der Waals surface area contributed by atoms with Crippen LogP contribution >= 0.6 is 24.0 Å². The summed E-state index contributed by atoms with van der Waals surface area (Å²) in [6.07, 6.45) is -0.0145. The zero-order valence-electron chi connectivity index (χ0n) is 14.4. The van der Waals surface area contributed by atoms with Crippen LogP contribution in [-0.4, -0.2) is 11.8 Å². The number of nitrogens with two attached hydrogens (primary N) is 2. The molecule has 0 aromatic heterocycles. The van der Waals surface area contributed by atoms with E-state index in [0.717, 1.165) is 11.1 Å². The van der Waals surface area contributed by atoms with Gasteiger partial charge in [0.05, 0.1) is 18.4 Å². The number of nitrogens with one attached hydrogen (secondary N) is 1. The molecule has 140 valence electrons. The Morgan fingerprint density at radius 1 is 1.08 bits per heavy atom. The molecule has 0 saturated carbocycles. The van der Waals surface area contributed by atoms with Crippen molar-refractivity contribution in [3.63, 3.8) is 0 Å². The third kappa shape index (κ3) is 6.02. The Bertz CT molecular complexity index is 741. The van der Waals surface area contributed by atoms with Gasteiger partial charge in [-0.2, -0.15) is 0 Å². The molecule has 0 aliphatic heterocycles. The molecule has 0 aliphatic carbocycles. The molecule has 0 fully saturated rings. The number of amides is 2. The molecule has 0 saturated heterocycles. The summed E-state index contributed by atoms with van der Waals surface area (Å²) in [5, 5.41) is 3.39. The molecule has 2 unspecified atom stereocenters. The van der Waals surface area contributed by atoms with Gasteiger partial charge in [0, 0.05) is 11.1 Å². The Morgan fingerprint density at radius 2 is 1.69 bits per heavy atom. The molecule has 0 aliphatic rings. The van der Waals surface area contributed by atoms with E-state index in [1.54, 1.807) is 31.2 Å². The second-order valence-corrected chi connectivity index (χ2v) is 6.45. The summed E-state index contributed by atoms with van der Waals surface area (Å²) in [6.45, 7) is 1.76. The van der Waals surface area contributed by atoms with E-state index in [1.165, 1.54) is 0 Å². The van der Waals surface area contributed by atoms with Gasteiger partial charge in [-0.1, -0.05) is 61.0 Å². The third-order valence-electron chi connectivity index (χ3n) is 4.11. The normalized spacial score (nSPS) is 13.8. The lowest BCUT2D eigenvalue weighted by atomic mass is 9.93. The van der Waals surface area contributed by atoms with Gasteiger partial charge in [0.25, 0.3) is 0 Å². The van der Waals surface area contributed by atoms with E-state index in [2.05, 4.69) is 5.32 Å². The number of carbonyl (C=O) groups excluding carboxylic acids is 2. The highest BCUT2D eigenvalue weighted by Gasteiger charge is 2.25. The number of hydrogen-bond acceptors (Lipinski definition) is 3. The first kappa shape index (κ1) is 22.0. The van der Waals surface area contributed by atoms with Crippen molar-refractivity contribution in [2.24, 2.45) is 17.4 Å². The van der Waals surface area contributed by atoms with E-state index >= 15 is 0 Å². The maximum atomic E-state index is 12.6. The molecule has 2 rings (SSSR count). The number of benzene rings is 2. The summed E-state index contributed by atoms with van der Waals surface area (Å²) in [4.78, 5) is 24.0. The Kier molecular flexibility index (Phi) is 8.58. The van der Waals surface area contributed by atoms with Crippen LogP contribution in [0.4, 0.5) is 0 Å². The van der Waals surface area contributed by atoms with E-state index in [0.29, 0.717) is 5.02 Å². The minimum Gasteiger partial charge on any atom is -0.370 e. The molecule has 5 N–H and O–H groups in total. The van der Waals surface area contributed by atoms with E-state index in [9.17, 15) is 9.59 Å². The lowest BCUT2D eigenvalue weighted by molar-refractivity contribution is -0.126. The quantitative estimate of drug-likeness (QED) is 0.671. The third-order valence-corrected chi connectivity index (χ3v) is 4.34. The summed E-state index contributed by atoms with van der Waals surface area (Å²) in [7, 11) is 0. The monoisotopic (exact) mass is 395 g/mol. The van der Waals surface area contributed by atoms with E-state index < -0.39 is 23.9 Å². The van der Waals surface area contributed by atoms with Crippen LogP contribution in [-0.2, 0) is 9.59 Å². The highest BCUT2D eigenvalue weighted by Crippen LogP contribution is 2.23. The van der Waals surface area contributed by atoms with E-state index in [-0.39, 0.29) is 24.7 Å². The first-order valence-corrected chi connectivity index (χ1v) is 8.41. The number of halogens is 2. The highest BCUT2D eigenvalue weighted by atomic mass is 35.5. The lowest BCUT2D eigenvalue weighted by Crippen LogP contribution is -2.39. The van der Waals surface area contributed by atoms with E-state index in [4.69, 9.17) is 23.1 Å². The van der Waals surface area contributed by atoms with Crippen LogP contribution in [0.5, 0.6) is 0 Å². The molecule has 7 heteroatoms. The second-order valence-electron chi connectivity index (χ2n) is 6.01. The van der Waals surface area contributed by atoms with Crippen molar-refractivity contribution < 1.29 is 9.59 Å². The van der Waals surface area contributed by atoms with Gasteiger partial charge >= 0.3 is 0 Å². The fraction of sp³-hybridized carbons (Fsp3) is 0.263. The minimum atomic E-state index is -0.547. The topological polar surface area (TPSA) is 98.2 Å². The van der Waals surface area contributed by atoms with Crippen LogP contribution in [0.3, 0.4) is 0 Å². The molecule has 3 atom stereocenters. The SMILES string of the molecule is CC(C(=O)N[C@H](CC(N)=O)c1cccc(Cl)c1)C(N)c1ccccc1.Cl. The van der Waals surface area contributed by atoms with Crippen molar-refractivity contribution in [1.82, 2.24) is 5.32 Å². The predicted molar refractivity (Wildman–Crippen MR) is 106 cm³/mol. The van der Waals surface area contributed by atoms with Crippen LogP contribution in [0, 0.1) is 5.92 Å². The maximum absolute atomic E-state index is 12.6. The molecule has 0 bridgehead atoms. The summed E-state index contributed by atoms with van der Waals surface area (Å²) < 4.78 is 0. The van der Waals surface area contributed by atoms with Crippen LogP contribution < -0.4 is 16.8 Å². The Labute approximate surface area is 164 Å². The average Bonchev–Trinajstić information content (AvgIpc) is 2.60. The van der Waals surface area contributed by atoms with Crippen molar-refractivity contribution in [2.75, 3.05) is 0 Å². The molecule has 0 heterocycles. The smallest absolute Gasteiger partial charge is 0.225 e. The van der Waals surface area contributed by atoms with Gasteiger partial charge < -0.3 is 16.8 Å². The van der Waals surface area contributed by atoms with Gasteiger partial charge in [-0.3, -0.25) is 9.59 Å². The largest absolute Gasteiger partial charge is 0.370 e. The van der Waals surface area contributed by atoms with Crippen LogP contribution in [0.1, 0.15) is 36.6 Å². The van der Waals surface area contributed by atoms with E-state index in [1.807, 2.05) is 30.3 Å². The van der Waals surface area contributed by atoms with Gasteiger partial charge in [0.2, 0.25) is 11.8 Å². The zero-order chi connectivity index (χ0) is 18.4. The first-order valence-electron chi connectivity index (χ1n) is 8.03. The van der Waals surface area contributed by atoms with Crippen LogP contribution in [0.25, 0.3) is 0 Å². The van der Waals surface area contributed by atoms with Gasteiger partial charge in [0.15, 0.2) is 0 Å². The van der Waals surface area contributed by atoms with Gasteiger partial charge in [-0.05, 0) is 23.3 Å². The molecule has 26 heavy (non-hydrogen) atoms. The molecule has 0 radical (unpaired) electrons. The van der Waals surface area contributed by atoms with Crippen molar-refractivity contribution >= 4 is 35.8 Å². The molecule has 2 amide bonds. The molecule has 2 aromatic carbocycles. The zero-order valence-corrected chi connectivity index (χ0v) is 16.0. The molecule has 5 nitrogen and oxygen atoms in total. The standard InChI is InChI=1S/C19H22ClN3O2.ClH/c1-12(18(22)13-6-3-2-4-7-13)19(25)23-16(11-17(21)24)14-8-5-9-15(20)10-14;/h2-10,12,16,18H,11,22H2,1H3,(H2,21,24)(H,23,25);1H/t12?,16-,18?;/m1./s1. The van der Waals surface area contributed by atoms with Gasteiger partial charge in [-0.25, -0.2) is 0 Å².